The number of oxime groups is 1. The van der Waals surface area contributed by atoms with E-state index in [1.165, 1.54) is 11.8 Å². The lowest BCUT2D eigenvalue weighted by atomic mass is 10.2. The molecule has 8 nitrogen and oxygen atoms in total. The second-order valence-electron chi connectivity index (χ2n) is 3.41. The molecule has 2 aromatic rings. The Labute approximate surface area is 107 Å². The molecule has 94 valence electrons. The summed E-state index contributed by atoms with van der Waals surface area (Å²) in [5.74, 6) is 0.657. The summed E-state index contributed by atoms with van der Waals surface area (Å²) < 4.78 is 1.59. The van der Waals surface area contributed by atoms with Gasteiger partial charge in [-0.15, -0.1) is 5.10 Å². The average molecular weight is 265 g/mol. The van der Waals surface area contributed by atoms with Crippen LogP contribution in [0.25, 0.3) is 0 Å². The van der Waals surface area contributed by atoms with Crippen molar-refractivity contribution in [3.63, 3.8) is 0 Å². The van der Waals surface area contributed by atoms with Crippen molar-refractivity contribution in [2.45, 2.75) is 10.9 Å². The Hall–Kier alpha value is -2.16. The van der Waals surface area contributed by atoms with Crippen LogP contribution in [-0.2, 0) is 12.8 Å². The molecular weight excluding hydrogens is 254 g/mol. The minimum Gasteiger partial charge on any atom is -0.409 e. The number of amidine groups is 1. The van der Waals surface area contributed by atoms with E-state index in [9.17, 15) is 0 Å². The Morgan fingerprint density at radius 1 is 1.61 bits per heavy atom. The number of nitrogens with zero attached hydrogens (tertiary/aromatic N) is 6. The van der Waals surface area contributed by atoms with Gasteiger partial charge in [-0.1, -0.05) is 16.9 Å². The Kier molecular flexibility index (Phi) is 3.72. The molecule has 0 aliphatic carbocycles. The number of pyridine rings is 1. The monoisotopic (exact) mass is 265 g/mol. The summed E-state index contributed by atoms with van der Waals surface area (Å²) in [6.45, 7) is 0. The maximum atomic E-state index is 8.58. The van der Waals surface area contributed by atoms with E-state index < -0.39 is 0 Å². The molecule has 2 rings (SSSR count). The second-order valence-corrected chi connectivity index (χ2v) is 4.35. The van der Waals surface area contributed by atoms with Crippen molar-refractivity contribution < 1.29 is 5.21 Å². The van der Waals surface area contributed by atoms with Gasteiger partial charge in [0, 0.05) is 19.0 Å². The smallest absolute Gasteiger partial charge is 0.209 e. The van der Waals surface area contributed by atoms with Gasteiger partial charge in [0.1, 0.15) is 5.69 Å². The number of thioether (sulfide) groups is 1. The molecule has 0 aromatic carbocycles. The van der Waals surface area contributed by atoms with Crippen LogP contribution in [0.2, 0.25) is 0 Å². The highest BCUT2D eigenvalue weighted by Crippen LogP contribution is 2.19. The average Bonchev–Trinajstić information content (AvgIpc) is 2.81. The van der Waals surface area contributed by atoms with E-state index >= 15 is 0 Å². The summed E-state index contributed by atoms with van der Waals surface area (Å²) in [6, 6.07) is 3.61. The predicted octanol–water partition coefficient (Wildman–Crippen LogP) is -0.00810. The summed E-state index contributed by atoms with van der Waals surface area (Å²) in [7, 11) is 1.77. The fourth-order valence-corrected chi connectivity index (χ4v) is 2.04. The van der Waals surface area contributed by atoms with Gasteiger partial charge in [-0.25, -0.2) is 4.68 Å². The molecule has 9 heteroatoms. The van der Waals surface area contributed by atoms with Crippen molar-refractivity contribution >= 4 is 17.6 Å². The zero-order chi connectivity index (χ0) is 13.0. The zero-order valence-electron chi connectivity index (χ0n) is 9.56. The van der Waals surface area contributed by atoms with E-state index in [-0.39, 0.29) is 5.84 Å². The fraction of sp³-hybridized carbons (Fsp3) is 0.222. The van der Waals surface area contributed by atoms with Crippen molar-refractivity contribution in [1.82, 2.24) is 25.2 Å². The molecule has 0 amide bonds. The van der Waals surface area contributed by atoms with Crippen molar-refractivity contribution in [3.8, 4) is 0 Å². The molecule has 0 aliphatic rings. The van der Waals surface area contributed by atoms with Crippen LogP contribution >= 0.6 is 11.8 Å². The van der Waals surface area contributed by atoms with Crippen molar-refractivity contribution in [2.24, 2.45) is 17.9 Å². The molecule has 0 spiro atoms. The summed E-state index contributed by atoms with van der Waals surface area (Å²) >= 11 is 1.49. The third-order valence-electron chi connectivity index (χ3n) is 2.14. The Bertz CT molecular complexity index is 568. The fourth-order valence-electron chi connectivity index (χ4n) is 1.25. The summed E-state index contributed by atoms with van der Waals surface area (Å²) in [5, 5.41) is 23.4. The first-order chi connectivity index (χ1) is 8.70. The highest BCUT2D eigenvalue weighted by atomic mass is 32.2. The minimum absolute atomic E-state index is 0.0119. The molecule has 2 aromatic heterocycles. The van der Waals surface area contributed by atoms with Gasteiger partial charge in [0.2, 0.25) is 5.16 Å². The number of rotatable bonds is 4. The number of nitrogens with two attached hydrogens (primary N) is 1. The SMILES string of the molecule is Cn1nnnc1SCc1ccnc(C(N)=NO)c1. The minimum atomic E-state index is -0.0119. The molecule has 2 heterocycles. The van der Waals surface area contributed by atoms with E-state index in [1.807, 2.05) is 6.07 Å². The Balaban J connectivity index is 2.08. The van der Waals surface area contributed by atoms with Crippen molar-refractivity contribution in [3.05, 3.63) is 29.6 Å². The summed E-state index contributed by atoms with van der Waals surface area (Å²) in [6.07, 6.45) is 1.61. The number of hydrogen-bond donors (Lipinski definition) is 2. The van der Waals surface area contributed by atoms with Gasteiger partial charge >= 0.3 is 0 Å². The highest BCUT2D eigenvalue weighted by Gasteiger charge is 2.06. The second kappa shape index (κ2) is 5.45. The van der Waals surface area contributed by atoms with E-state index in [1.54, 1.807) is 24.0 Å². The van der Waals surface area contributed by atoms with Crippen LogP contribution < -0.4 is 5.73 Å². The maximum Gasteiger partial charge on any atom is 0.209 e. The molecule has 0 saturated heterocycles. The molecule has 0 fully saturated rings. The first-order valence-electron chi connectivity index (χ1n) is 4.98. The van der Waals surface area contributed by atoms with Gasteiger partial charge in [-0.05, 0) is 28.1 Å². The standard InChI is InChI=1S/C9H11N7OS/c1-16-9(12-14-15-16)18-5-6-2-3-11-7(4-6)8(10)13-17/h2-4,17H,5H2,1H3,(H2,10,13). The van der Waals surface area contributed by atoms with Crippen LogP contribution in [0, 0.1) is 0 Å². The highest BCUT2D eigenvalue weighted by molar-refractivity contribution is 7.98. The Morgan fingerprint density at radius 2 is 2.44 bits per heavy atom. The van der Waals surface area contributed by atoms with Gasteiger partial charge in [-0.3, -0.25) is 4.98 Å². The van der Waals surface area contributed by atoms with E-state index in [0.29, 0.717) is 11.4 Å². The number of hydrogen-bond acceptors (Lipinski definition) is 7. The van der Waals surface area contributed by atoms with Crippen LogP contribution in [0.1, 0.15) is 11.3 Å². The molecule has 0 unspecified atom stereocenters. The lowest BCUT2D eigenvalue weighted by molar-refractivity contribution is 0.318. The third-order valence-corrected chi connectivity index (χ3v) is 3.23. The van der Waals surface area contributed by atoms with Gasteiger partial charge in [-0.2, -0.15) is 0 Å². The normalized spacial score (nSPS) is 11.7. The van der Waals surface area contributed by atoms with Crippen LogP contribution in [0.4, 0.5) is 0 Å². The quantitative estimate of drug-likeness (QED) is 0.262. The topological polar surface area (TPSA) is 115 Å². The molecular formula is C9H11N7OS. The van der Waals surface area contributed by atoms with Crippen LogP contribution in [0.3, 0.4) is 0 Å². The van der Waals surface area contributed by atoms with Crippen LogP contribution in [0.5, 0.6) is 0 Å². The van der Waals surface area contributed by atoms with Crippen molar-refractivity contribution in [1.29, 1.82) is 0 Å². The molecule has 0 saturated carbocycles. The number of aromatic nitrogens is 5. The molecule has 0 radical (unpaired) electrons. The first-order valence-corrected chi connectivity index (χ1v) is 5.97. The Morgan fingerprint density at radius 3 is 3.11 bits per heavy atom. The molecule has 0 bridgehead atoms. The van der Waals surface area contributed by atoms with E-state index in [2.05, 4.69) is 25.7 Å². The maximum absolute atomic E-state index is 8.58. The largest absolute Gasteiger partial charge is 0.409 e. The van der Waals surface area contributed by atoms with Gasteiger partial charge in [0.25, 0.3) is 0 Å². The van der Waals surface area contributed by atoms with Crippen LogP contribution in [0.15, 0.2) is 28.6 Å². The van der Waals surface area contributed by atoms with Gasteiger partial charge in [0.15, 0.2) is 5.84 Å². The zero-order valence-corrected chi connectivity index (χ0v) is 10.4. The van der Waals surface area contributed by atoms with Crippen molar-refractivity contribution in [2.75, 3.05) is 0 Å². The van der Waals surface area contributed by atoms with Gasteiger partial charge < -0.3 is 10.9 Å². The van der Waals surface area contributed by atoms with Gasteiger partial charge in [0.05, 0.1) is 0 Å². The first kappa shape index (κ1) is 12.3. The lowest BCUT2D eigenvalue weighted by Crippen LogP contribution is -2.15. The molecule has 0 atom stereocenters. The summed E-state index contributed by atoms with van der Waals surface area (Å²) in [5.41, 5.74) is 6.89. The molecule has 3 N–H and O–H groups in total. The third kappa shape index (κ3) is 2.74. The van der Waals surface area contributed by atoms with Crippen LogP contribution in [-0.4, -0.2) is 36.2 Å². The lowest BCUT2D eigenvalue weighted by Gasteiger charge is -2.02. The molecule has 18 heavy (non-hydrogen) atoms. The predicted molar refractivity (Wildman–Crippen MR) is 65.1 cm³/mol. The van der Waals surface area contributed by atoms with E-state index in [4.69, 9.17) is 10.9 Å². The number of aryl methyl sites for hydroxylation is 1. The van der Waals surface area contributed by atoms with E-state index in [0.717, 1.165) is 10.7 Å². The number of tetrazole rings is 1. The summed E-state index contributed by atoms with van der Waals surface area (Å²) in [4.78, 5) is 4.00. The molecule has 0 aliphatic heterocycles.